The molecule has 0 aromatic heterocycles. The van der Waals surface area contributed by atoms with Crippen LogP contribution in [0.4, 0.5) is 0 Å². The summed E-state index contributed by atoms with van der Waals surface area (Å²) in [6.45, 7) is 5.25. The first-order valence-corrected chi connectivity index (χ1v) is 7.57. The molecule has 1 fully saturated rings. The molecule has 0 unspecified atom stereocenters. The summed E-state index contributed by atoms with van der Waals surface area (Å²) in [7, 11) is 0. The molecule has 1 rings (SSSR count). The number of rotatable bonds is 9. The first-order chi connectivity index (χ1) is 9.86. The van der Waals surface area contributed by atoms with Gasteiger partial charge in [0.2, 0.25) is 0 Å². The summed E-state index contributed by atoms with van der Waals surface area (Å²) >= 11 is 0. The molecule has 1 aliphatic heterocycles. The van der Waals surface area contributed by atoms with Gasteiger partial charge in [0.05, 0.1) is 38.5 Å². The molecule has 9 nitrogen and oxygen atoms in total. The molecule has 1 saturated heterocycles. The monoisotopic (exact) mass is 343 g/mol. The molecule has 0 radical (unpaired) electrons. The van der Waals surface area contributed by atoms with Gasteiger partial charge < -0.3 is 35.8 Å². The van der Waals surface area contributed by atoms with E-state index in [0.29, 0.717) is 0 Å². The minimum atomic E-state index is -0.274. The Hall–Kier alpha value is 1.28. The molecule has 0 bridgehead atoms. The Morgan fingerprint density at radius 1 is 0.591 bits per heavy atom. The van der Waals surface area contributed by atoms with Crippen LogP contribution in [-0.4, -0.2) is 72.8 Å². The average molecular weight is 344 g/mol. The maximum atomic E-state index is 5.63. The van der Waals surface area contributed by atoms with Crippen LogP contribution in [-0.2, 0) is 0 Å². The second-order valence-corrected chi connectivity index (χ2v) is 5.97. The van der Waals surface area contributed by atoms with Crippen LogP contribution >= 0.6 is 0 Å². The average Bonchev–Trinajstić information content (AvgIpc) is 2.40. The molecule has 1 aliphatic rings. The summed E-state index contributed by atoms with van der Waals surface area (Å²) in [6.07, 6.45) is 1.49. The van der Waals surface area contributed by atoms with Crippen molar-refractivity contribution in [3.63, 3.8) is 0 Å². The van der Waals surface area contributed by atoms with Crippen LogP contribution in [0, 0.1) is 0 Å². The van der Waals surface area contributed by atoms with Gasteiger partial charge in [-0.2, -0.15) is 0 Å². The molecule has 1 heterocycles. The van der Waals surface area contributed by atoms with E-state index in [1.165, 1.54) is 0 Å². The van der Waals surface area contributed by atoms with Crippen LogP contribution in [0.3, 0.4) is 0 Å². The normalized spacial score (nSPS) is 18.4. The van der Waals surface area contributed by atoms with Crippen molar-refractivity contribution in [1.82, 2.24) is 14.7 Å². The topological polar surface area (TPSA) is 166 Å². The fraction of sp³-hybridized carbons (Fsp3) is 1.00. The Labute approximate surface area is 177 Å². The van der Waals surface area contributed by atoms with Gasteiger partial charge in [-0.15, -0.1) is 0 Å². The van der Waals surface area contributed by atoms with Crippen molar-refractivity contribution >= 4 is 0 Å². The predicted octanol–water partition coefficient (Wildman–Crippen LogP) is -6.20. The van der Waals surface area contributed by atoms with Gasteiger partial charge in [-0.05, 0) is 19.3 Å². The van der Waals surface area contributed by atoms with Crippen LogP contribution < -0.4 is 85.8 Å². The summed E-state index contributed by atoms with van der Waals surface area (Å²) in [5, 5.41) is 0. The van der Waals surface area contributed by atoms with Gasteiger partial charge >= 0.3 is 51.4 Å². The third-order valence-electron chi connectivity index (χ3n) is 3.54. The van der Waals surface area contributed by atoms with Gasteiger partial charge in [-0.1, -0.05) is 0 Å². The Morgan fingerprint density at radius 2 is 0.818 bits per heavy atom. The van der Waals surface area contributed by atoms with Crippen LogP contribution in [0.25, 0.3) is 0 Å². The molecule has 0 saturated carbocycles. The van der Waals surface area contributed by atoms with Crippen molar-refractivity contribution in [3.05, 3.63) is 0 Å². The first kappa shape index (κ1) is 23.3. The summed E-state index contributed by atoms with van der Waals surface area (Å²) in [5.41, 5.74) is 33.8. The van der Waals surface area contributed by atoms with Crippen LogP contribution in [0.5, 0.6) is 0 Å². The Bertz CT molecular complexity index is 234. The molecule has 12 N–H and O–H groups in total. The summed E-state index contributed by atoms with van der Waals surface area (Å²) in [5.74, 6) is 0. The molecule has 0 amide bonds. The fourth-order valence-corrected chi connectivity index (χ4v) is 2.40. The van der Waals surface area contributed by atoms with E-state index in [2.05, 4.69) is 14.7 Å². The van der Waals surface area contributed by atoms with Crippen molar-refractivity contribution in [2.45, 2.75) is 37.8 Å². The first-order valence-electron chi connectivity index (χ1n) is 7.57. The van der Waals surface area contributed by atoms with E-state index in [0.717, 1.165) is 58.9 Å². The Morgan fingerprint density at radius 3 is 1.00 bits per heavy atom. The largest absolute Gasteiger partial charge is 1.00 e. The third kappa shape index (κ3) is 10.9. The molecule has 22 heavy (non-hydrogen) atoms. The van der Waals surface area contributed by atoms with E-state index in [9.17, 15) is 0 Å². The Kier molecular flexibility index (Phi) is 13.3. The summed E-state index contributed by atoms with van der Waals surface area (Å²) < 4.78 is 0. The molecule has 0 aromatic rings. The van der Waals surface area contributed by atoms with E-state index in [1.54, 1.807) is 0 Å². The molecular weight excluding hydrogens is 309 g/mol. The van der Waals surface area contributed by atoms with Crippen molar-refractivity contribution in [3.8, 4) is 0 Å². The van der Waals surface area contributed by atoms with E-state index >= 15 is 0 Å². The molecular formula is C12H34KN9. The van der Waals surface area contributed by atoms with Gasteiger partial charge in [0.1, 0.15) is 0 Å². The minimum Gasteiger partial charge on any atom is -1.00 e. The third-order valence-corrected chi connectivity index (χ3v) is 3.54. The number of nitrogens with zero attached hydrogens (tertiary/aromatic N) is 3. The molecule has 0 aliphatic carbocycles. The van der Waals surface area contributed by atoms with Crippen molar-refractivity contribution in [1.29, 1.82) is 0 Å². The van der Waals surface area contributed by atoms with Gasteiger partial charge in [0.25, 0.3) is 0 Å². The smallest absolute Gasteiger partial charge is 1.00 e. The number of hydrogen-bond donors (Lipinski definition) is 6. The van der Waals surface area contributed by atoms with E-state index < -0.39 is 0 Å². The molecule has 0 atom stereocenters. The zero-order valence-corrected chi connectivity index (χ0v) is 17.0. The van der Waals surface area contributed by atoms with Crippen molar-refractivity contribution in [2.24, 2.45) is 34.4 Å². The fourth-order valence-electron chi connectivity index (χ4n) is 2.40. The van der Waals surface area contributed by atoms with E-state index in [4.69, 9.17) is 34.4 Å². The van der Waals surface area contributed by atoms with Crippen molar-refractivity contribution < 1.29 is 52.8 Å². The predicted molar refractivity (Wildman–Crippen MR) is 86.2 cm³/mol. The van der Waals surface area contributed by atoms with Crippen molar-refractivity contribution in [2.75, 3.05) is 39.6 Å². The summed E-state index contributed by atoms with van der Waals surface area (Å²) in [6, 6.07) is 0. The summed E-state index contributed by atoms with van der Waals surface area (Å²) in [4.78, 5) is 6.96. The van der Waals surface area contributed by atoms with E-state index in [-0.39, 0.29) is 71.3 Å². The zero-order chi connectivity index (χ0) is 15.8. The number of hydrogen-bond acceptors (Lipinski definition) is 9. The number of nitrogens with two attached hydrogens (primary N) is 6. The van der Waals surface area contributed by atoms with Crippen LogP contribution in [0.1, 0.15) is 20.7 Å². The zero-order valence-electron chi connectivity index (χ0n) is 14.9. The SMILES string of the molecule is NC(N)CCN1CN(CCC(N)N)CN(CCC(N)N)C1.[H-].[K+]. The standard InChI is InChI=1S/C12H33N9.K.H/c13-10(14)1-4-19-7-20(5-2-11(15)16)9-21(8-19)6-3-12(17)18;;/h10-12H,1-9,13-18H2;;/q;+1;-1. The quantitative estimate of drug-likeness (QED) is 0.176. The molecule has 10 heteroatoms. The molecule has 0 aromatic carbocycles. The van der Waals surface area contributed by atoms with E-state index in [1.807, 2.05) is 0 Å². The Balaban J connectivity index is 0. The maximum Gasteiger partial charge on any atom is 1.00 e. The maximum absolute atomic E-state index is 5.63. The second-order valence-electron chi connectivity index (χ2n) is 5.97. The minimum absolute atomic E-state index is 0. The van der Waals surface area contributed by atoms with Gasteiger partial charge in [0.15, 0.2) is 0 Å². The van der Waals surface area contributed by atoms with Gasteiger partial charge in [-0.3, -0.25) is 14.7 Å². The second kappa shape index (κ2) is 12.6. The van der Waals surface area contributed by atoms with Crippen LogP contribution in [0.2, 0.25) is 0 Å². The van der Waals surface area contributed by atoms with Gasteiger partial charge in [-0.25, -0.2) is 0 Å². The molecule has 0 spiro atoms. The molecule has 128 valence electrons. The van der Waals surface area contributed by atoms with Crippen LogP contribution in [0.15, 0.2) is 0 Å². The van der Waals surface area contributed by atoms with Gasteiger partial charge in [0, 0.05) is 19.6 Å².